The molecule has 0 aliphatic carbocycles. The van der Waals surface area contributed by atoms with Gasteiger partial charge in [0.1, 0.15) is 0 Å². The van der Waals surface area contributed by atoms with Gasteiger partial charge >= 0.3 is 0 Å². The zero-order valence-corrected chi connectivity index (χ0v) is 18.0. The molecule has 0 atom stereocenters. The second kappa shape index (κ2) is 8.93. The average molecular weight is 441 g/mol. The number of H-pyrrole nitrogens is 1. The number of thioether (sulfide) groups is 1. The lowest BCUT2D eigenvalue weighted by Gasteiger charge is -2.10. The Hall–Kier alpha value is -2.77. The minimum atomic E-state index is -0.162. The smallest absolute Gasteiger partial charge is 0.283 e. The number of hydrogen-bond donors (Lipinski definition) is 2. The molecule has 1 amide bonds. The van der Waals surface area contributed by atoms with E-state index in [0.29, 0.717) is 29.6 Å². The van der Waals surface area contributed by atoms with Crippen molar-refractivity contribution in [3.63, 3.8) is 0 Å². The first-order chi connectivity index (χ1) is 14.6. The van der Waals surface area contributed by atoms with Gasteiger partial charge in [0.25, 0.3) is 5.56 Å². The minimum Gasteiger partial charge on any atom is -0.361 e. The van der Waals surface area contributed by atoms with E-state index >= 15 is 0 Å². The zero-order valence-electron chi connectivity index (χ0n) is 16.4. The third kappa shape index (κ3) is 4.22. The summed E-state index contributed by atoms with van der Waals surface area (Å²) in [5.74, 6) is 0.0135. The van der Waals surface area contributed by atoms with Crippen LogP contribution in [0.5, 0.6) is 0 Å². The number of aromatic nitrogens is 3. The number of aromatic amines is 1. The van der Waals surface area contributed by atoms with Gasteiger partial charge in [-0.3, -0.25) is 9.59 Å². The molecule has 4 rings (SSSR count). The number of carbonyl (C=O) groups excluding carboxylic acids is 1. The van der Waals surface area contributed by atoms with Crippen LogP contribution in [0.2, 0.25) is 5.02 Å². The summed E-state index contributed by atoms with van der Waals surface area (Å²) in [4.78, 5) is 32.6. The quantitative estimate of drug-likeness (QED) is 0.426. The minimum absolute atomic E-state index is 0.129. The molecule has 154 valence electrons. The normalized spacial score (nSPS) is 11.3. The lowest BCUT2D eigenvalue weighted by Crippen LogP contribution is -2.28. The Morgan fingerprint density at radius 1 is 1.27 bits per heavy atom. The molecule has 0 saturated heterocycles. The molecule has 2 heterocycles. The highest BCUT2D eigenvalue weighted by molar-refractivity contribution is 7.99. The molecule has 0 unspecified atom stereocenters. The lowest BCUT2D eigenvalue weighted by molar-refractivity contribution is -0.118. The van der Waals surface area contributed by atoms with E-state index in [1.165, 1.54) is 11.8 Å². The average Bonchev–Trinajstić information content (AvgIpc) is 3.14. The first-order valence-corrected chi connectivity index (χ1v) is 11.1. The van der Waals surface area contributed by atoms with E-state index in [4.69, 9.17) is 11.6 Å². The van der Waals surface area contributed by atoms with Crippen molar-refractivity contribution in [2.24, 2.45) is 0 Å². The molecule has 8 heteroatoms. The molecule has 30 heavy (non-hydrogen) atoms. The van der Waals surface area contributed by atoms with E-state index in [0.717, 1.165) is 27.5 Å². The molecule has 0 saturated carbocycles. The summed E-state index contributed by atoms with van der Waals surface area (Å²) in [5, 5.41) is 5.00. The lowest BCUT2D eigenvalue weighted by atomic mass is 10.1. The first-order valence-electron chi connectivity index (χ1n) is 9.71. The van der Waals surface area contributed by atoms with E-state index in [1.54, 1.807) is 4.57 Å². The standard InChI is InChI=1S/C22H21ClN4O2S/c1-2-27-19-6-4-3-5-18(19)26-21(22(27)29)30-13-20(28)24-10-9-14-12-25-17-8-7-15(23)11-16(14)17/h3-8,11-12,25H,2,9-10,13H2,1H3,(H,24,28). The molecule has 2 N–H and O–H groups in total. The number of fused-ring (bicyclic) bond motifs is 2. The Balaban J connectivity index is 1.37. The molecule has 0 aliphatic rings. The van der Waals surface area contributed by atoms with Crippen molar-refractivity contribution in [1.82, 2.24) is 19.9 Å². The number of hydrogen-bond acceptors (Lipinski definition) is 4. The monoisotopic (exact) mass is 440 g/mol. The number of amides is 1. The van der Waals surface area contributed by atoms with Crippen LogP contribution in [0.1, 0.15) is 12.5 Å². The van der Waals surface area contributed by atoms with Crippen LogP contribution in [0.25, 0.3) is 21.9 Å². The Labute approximate surface area is 182 Å². The van der Waals surface area contributed by atoms with Crippen molar-refractivity contribution < 1.29 is 4.79 Å². The molecule has 0 aliphatic heterocycles. The summed E-state index contributed by atoms with van der Waals surface area (Å²) in [6.45, 7) is 2.98. The Kier molecular flexibility index (Phi) is 6.11. The van der Waals surface area contributed by atoms with Gasteiger partial charge < -0.3 is 14.9 Å². The molecule has 0 bridgehead atoms. The highest BCUT2D eigenvalue weighted by atomic mass is 35.5. The van der Waals surface area contributed by atoms with Gasteiger partial charge in [0.05, 0.1) is 16.8 Å². The van der Waals surface area contributed by atoms with Crippen molar-refractivity contribution >= 4 is 51.2 Å². The van der Waals surface area contributed by atoms with Crippen LogP contribution < -0.4 is 10.9 Å². The topological polar surface area (TPSA) is 79.8 Å². The molecule has 0 radical (unpaired) electrons. The van der Waals surface area contributed by atoms with Gasteiger partial charge in [0.15, 0.2) is 5.03 Å². The van der Waals surface area contributed by atoms with E-state index < -0.39 is 0 Å². The Morgan fingerprint density at radius 3 is 2.93 bits per heavy atom. The van der Waals surface area contributed by atoms with Crippen molar-refractivity contribution in [3.05, 3.63) is 69.6 Å². The highest BCUT2D eigenvalue weighted by Crippen LogP contribution is 2.22. The molecular formula is C22H21ClN4O2S. The van der Waals surface area contributed by atoms with E-state index in [2.05, 4.69) is 15.3 Å². The van der Waals surface area contributed by atoms with Crippen molar-refractivity contribution in [1.29, 1.82) is 0 Å². The van der Waals surface area contributed by atoms with Crippen LogP contribution in [-0.4, -0.2) is 32.7 Å². The highest BCUT2D eigenvalue weighted by Gasteiger charge is 2.12. The van der Waals surface area contributed by atoms with Gasteiger partial charge in [-0.1, -0.05) is 35.5 Å². The van der Waals surface area contributed by atoms with Crippen LogP contribution in [-0.2, 0) is 17.8 Å². The van der Waals surface area contributed by atoms with Gasteiger partial charge in [-0.15, -0.1) is 0 Å². The molecule has 0 fully saturated rings. The van der Waals surface area contributed by atoms with Crippen molar-refractivity contribution in [2.45, 2.75) is 24.9 Å². The maximum absolute atomic E-state index is 12.7. The second-order valence-electron chi connectivity index (χ2n) is 6.85. The van der Waals surface area contributed by atoms with Gasteiger partial charge in [-0.2, -0.15) is 0 Å². The first kappa shape index (κ1) is 20.5. The molecule has 0 spiro atoms. The number of rotatable bonds is 7. The van der Waals surface area contributed by atoms with Crippen molar-refractivity contribution in [2.75, 3.05) is 12.3 Å². The number of aryl methyl sites for hydroxylation is 1. The fraction of sp³-hybridized carbons (Fsp3) is 0.227. The predicted octanol–water partition coefficient (Wildman–Crippen LogP) is 4.00. The van der Waals surface area contributed by atoms with Crippen LogP contribution in [0.4, 0.5) is 0 Å². The van der Waals surface area contributed by atoms with E-state index in [-0.39, 0.29) is 17.2 Å². The molecule has 4 aromatic rings. The van der Waals surface area contributed by atoms with Crippen molar-refractivity contribution in [3.8, 4) is 0 Å². The summed E-state index contributed by atoms with van der Waals surface area (Å²) in [7, 11) is 0. The molecule has 2 aromatic heterocycles. The van der Waals surface area contributed by atoms with Gasteiger partial charge in [0.2, 0.25) is 5.91 Å². The molecule has 2 aromatic carbocycles. The van der Waals surface area contributed by atoms with E-state index in [9.17, 15) is 9.59 Å². The SMILES string of the molecule is CCn1c(=O)c(SCC(=O)NCCc2c[nH]c3ccc(Cl)cc23)nc2ccccc21. The van der Waals surface area contributed by atoms with Gasteiger partial charge in [-0.25, -0.2) is 4.98 Å². The molecular weight excluding hydrogens is 420 g/mol. The zero-order chi connectivity index (χ0) is 21.1. The van der Waals surface area contributed by atoms with Gasteiger partial charge in [-0.05, 0) is 49.2 Å². The number of nitrogens with zero attached hydrogens (tertiary/aromatic N) is 2. The molecule has 6 nitrogen and oxygen atoms in total. The number of nitrogens with one attached hydrogen (secondary N) is 2. The predicted molar refractivity (Wildman–Crippen MR) is 122 cm³/mol. The maximum atomic E-state index is 12.7. The summed E-state index contributed by atoms with van der Waals surface area (Å²) >= 11 is 7.25. The number of halogens is 1. The summed E-state index contributed by atoms with van der Waals surface area (Å²) in [5.41, 5.74) is 3.51. The fourth-order valence-electron chi connectivity index (χ4n) is 3.46. The maximum Gasteiger partial charge on any atom is 0.283 e. The third-order valence-corrected chi connectivity index (χ3v) is 6.11. The fourth-order valence-corrected chi connectivity index (χ4v) is 4.39. The third-order valence-electron chi connectivity index (χ3n) is 4.92. The number of carbonyl (C=O) groups is 1. The summed E-state index contributed by atoms with van der Waals surface area (Å²) in [6.07, 6.45) is 2.63. The second-order valence-corrected chi connectivity index (χ2v) is 8.25. The van der Waals surface area contributed by atoms with Crippen LogP contribution >= 0.6 is 23.4 Å². The summed E-state index contributed by atoms with van der Waals surface area (Å²) in [6, 6.07) is 13.2. The van der Waals surface area contributed by atoms with Crippen LogP contribution in [0.3, 0.4) is 0 Å². The number of benzene rings is 2. The number of para-hydroxylation sites is 2. The Morgan fingerprint density at radius 2 is 2.10 bits per heavy atom. The largest absolute Gasteiger partial charge is 0.361 e. The van der Waals surface area contributed by atoms with Crippen LogP contribution in [0, 0.1) is 0 Å². The summed E-state index contributed by atoms with van der Waals surface area (Å²) < 4.78 is 1.69. The Bertz CT molecular complexity index is 1280. The van der Waals surface area contributed by atoms with Gasteiger partial charge in [0, 0.05) is 35.2 Å². The van der Waals surface area contributed by atoms with E-state index in [1.807, 2.05) is 55.6 Å². The van der Waals surface area contributed by atoms with Crippen LogP contribution in [0.15, 0.2) is 58.5 Å².